The Balaban J connectivity index is 2.08. The van der Waals surface area contributed by atoms with Gasteiger partial charge in [-0.15, -0.1) is 0 Å². The van der Waals surface area contributed by atoms with Gasteiger partial charge in [-0.2, -0.15) is 0 Å². The number of hydrogen-bond acceptors (Lipinski definition) is 3. The molecule has 20 heavy (non-hydrogen) atoms. The largest absolute Gasteiger partial charge is 0.293 e. The SMILES string of the molecule is O=C(CS(=O)(=O)CC1CCCC1)c1cc(F)ccc1F. The molecule has 3 nitrogen and oxygen atoms in total. The van der Waals surface area contributed by atoms with Gasteiger partial charge < -0.3 is 0 Å². The van der Waals surface area contributed by atoms with Crippen LogP contribution in [0.4, 0.5) is 8.78 Å². The summed E-state index contributed by atoms with van der Waals surface area (Å²) >= 11 is 0. The number of sulfone groups is 1. The van der Waals surface area contributed by atoms with Crippen LogP contribution >= 0.6 is 0 Å². The van der Waals surface area contributed by atoms with Crippen molar-refractivity contribution in [2.45, 2.75) is 25.7 Å². The molecule has 0 spiro atoms. The summed E-state index contributed by atoms with van der Waals surface area (Å²) in [7, 11) is -3.58. The predicted octanol–water partition coefficient (Wildman–Crippen LogP) is 2.75. The van der Waals surface area contributed by atoms with Crippen molar-refractivity contribution in [1.29, 1.82) is 0 Å². The van der Waals surface area contributed by atoms with Gasteiger partial charge in [-0.05, 0) is 37.0 Å². The molecule has 0 atom stereocenters. The first-order valence-corrected chi connectivity index (χ1v) is 8.38. The van der Waals surface area contributed by atoms with Gasteiger partial charge in [0.1, 0.15) is 17.4 Å². The quantitative estimate of drug-likeness (QED) is 0.786. The highest BCUT2D eigenvalue weighted by molar-refractivity contribution is 7.92. The minimum Gasteiger partial charge on any atom is -0.293 e. The molecular weight excluding hydrogens is 286 g/mol. The van der Waals surface area contributed by atoms with Gasteiger partial charge in [0.25, 0.3) is 0 Å². The van der Waals surface area contributed by atoms with Crippen LogP contribution in [0.3, 0.4) is 0 Å². The van der Waals surface area contributed by atoms with E-state index in [4.69, 9.17) is 0 Å². The smallest absolute Gasteiger partial charge is 0.180 e. The second-order valence-corrected chi connectivity index (χ2v) is 7.36. The minimum absolute atomic E-state index is 0.0460. The number of rotatable bonds is 5. The highest BCUT2D eigenvalue weighted by atomic mass is 32.2. The van der Waals surface area contributed by atoms with Crippen LogP contribution in [0.15, 0.2) is 18.2 Å². The van der Waals surface area contributed by atoms with Crippen molar-refractivity contribution in [2.24, 2.45) is 5.92 Å². The molecule has 0 radical (unpaired) electrons. The van der Waals surface area contributed by atoms with E-state index >= 15 is 0 Å². The summed E-state index contributed by atoms with van der Waals surface area (Å²) in [6, 6.07) is 2.45. The first-order chi connectivity index (χ1) is 9.37. The lowest BCUT2D eigenvalue weighted by atomic mass is 10.1. The van der Waals surface area contributed by atoms with Gasteiger partial charge in [0.15, 0.2) is 15.6 Å². The third-order valence-corrected chi connectivity index (χ3v) is 5.23. The molecule has 1 saturated carbocycles. The molecule has 0 aliphatic heterocycles. The third-order valence-electron chi connectivity index (χ3n) is 3.54. The fourth-order valence-electron chi connectivity index (χ4n) is 2.58. The van der Waals surface area contributed by atoms with Crippen molar-refractivity contribution in [3.05, 3.63) is 35.4 Å². The Morgan fingerprint density at radius 2 is 1.85 bits per heavy atom. The van der Waals surface area contributed by atoms with Crippen molar-refractivity contribution in [3.8, 4) is 0 Å². The summed E-state index contributed by atoms with van der Waals surface area (Å²) in [5.41, 5.74) is -0.500. The Kier molecular flexibility index (Phi) is 4.52. The molecular formula is C14H16F2O3S. The van der Waals surface area contributed by atoms with Gasteiger partial charge in [-0.1, -0.05) is 12.8 Å². The van der Waals surface area contributed by atoms with Crippen molar-refractivity contribution >= 4 is 15.6 Å². The van der Waals surface area contributed by atoms with E-state index < -0.39 is 38.6 Å². The van der Waals surface area contributed by atoms with Crippen molar-refractivity contribution in [3.63, 3.8) is 0 Å². The van der Waals surface area contributed by atoms with Gasteiger partial charge in [-0.25, -0.2) is 17.2 Å². The molecule has 0 saturated heterocycles. The summed E-state index contributed by atoms with van der Waals surface area (Å²) in [6.45, 7) is 0. The fraction of sp³-hybridized carbons (Fsp3) is 0.500. The summed E-state index contributed by atoms with van der Waals surface area (Å²) < 4.78 is 50.3. The molecule has 0 amide bonds. The zero-order valence-electron chi connectivity index (χ0n) is 10.9. The van der Waals surface area contributed by atoms with Gasteiger partial charge in [0.2, 0.25) is 0 Å². The highest BCUT2D eigenvalue weighted by Crippen LogP contribution is 2.26. The van der Waals surface area contributed by atoms with Crippen LogP contribution < -0.4 is 0 Å². The first kappa shape index (κ1) is 15.1. The van der Waals surface area contributed by atoms with Crippen molar-refractivity contribution in [1.82, 2.24) is 0 Å². The second-order valence-electron chi connectivity index (χ2n) is 5.25. The molecule has 2 rings (SSSR count). The molecule has 0 heterocycles. The maximum Gasteiger partial charge on any atom is 0.180 e. The number of halogens is 2. The number of Topliss-reactive ketones (excluding diaryl/α,β-unsaturated/α-hetero) is 1. The maximum atomic E-state index is 13.4. The normalized spacial score (nSPS) is 16.5. The van der Waals surface area contributed by atoms with E-state index in [0.717, 1.165) is 43.9 Å². The molecule has 1 aliphatic carbocycles. The molecule has 1 aromatic carbocycles. The van der Waals surface area contributed by atoms with E-state index in [2.05, 4.69) is 0 Å². The van der Waals surface area contributed by atoms with Gasteiger partial charge >= 0.3 is 0 Å². The lowest BCUT2D eigenvalue weighted by molar-refractivity contribution is 0.101. The molecule has 0 bridgehead atoms. The Morgan fingerprint density at radius 3 is 2.50 bits per heavy atom. The van der Waals surface area contributed by atoms with Gasteiger partial charge in [-0.3, -0.25) is 4.79 Å². The van der Waals surface area contributed by atoms with E-state index in [1.165, 1.54) is 0 Å². The molecule has 0 unspecified atom stereocenters. The average molecular weight is 302 g/mol. The monoisotopic (exact) mass is 302 g/mol. The van der Waals surface area contributed by atoms with Gasteiger partial charge in [0.05, 0.1) is 11.3 Å². The predicted molar refractivity (Wildman–Crippen MR) is 71.3 cm³/mol. The molecule has 1 aliphatic rings. The Bertz CT molecular complexity index is 605. The fourth-order valence-corrected chi connectivity index (χ4v) is 4.31. The Morgan fingerprint density at radius 1 is 1.20 bits per heavy atom. The second kappa shape index (κ2) is 5.99. The maximum absolute atomic E-state index is 13.4. The Hall–Kier alpha value is -1.30. The summed E-state index contributed by atoms with van der Waals surface area (Å²) in [4.78, 5) is 11.8. The van der Waals surface area contributed by atoms with E-state index in [1.807, 2.05) is 0 Å². The van der Waals surface area contributed by atoms with E-state index in [-0.39, 0.29) is 11.7 Å². The van der Waals surface area contributed by atoms with Crippen LogP contribution in [0.25, 0.3) is 0 Å². The van der Waals surface area contributed by atoms with Gasteiger partial charge in [0, 0.05) is 0 Å². The van der Waals surface area contributed by atoms with Crippen LogP contribution in [-0.4, -0.2) is 25.7 Å². The number of carbonyl (C=O) groups is 1. The zero-order chi connectivity index (χ0) is 14.8. The number of carbonyl (C=O) groups excluding carboxylic acids is 1. The van der Waals surface area contributed by atoms with E-state index in [9.17, 15) is 22.0 Å². The summed E-state index contributed by atoms with van der Waals surface area (Å²) in [5, 5.41) is 0. The van der Waals surface area contributed by atoms with Crippen LogP contribution in [-0.2, 0) is 9.84 Å². The van der Waals surface area contributed by atoms with Crippen molar-refractivity contribution in [2.75, 3.05) is 11.5 Å². The molecule has 1 fully saturated rings. The average Bonchev–Trinajstić information content (AvgIpc) is 2.83. The van der Waals surface area contributed by atoms with E-state index in [1.54, 1.807) is 0 Å². The van der Waals surface area contributed by atoms with E-state index in [0.29, 0.717) is 0 Å². The number of hydrogen-bond donors (Lipinski definition) is 0. The molecule has 110 valence electrons. The third kappa shape index (κ3) is 3.85. The number of ketones is 1. The molecule has 1 aromatic rings. The van der Waals surface area contributed by atoms with Crippen LogP contribution in [0.1, 0.15) is 36.0 Å². The topological polar surface area (TPSA) is 51.2 Å². The summed E-state index contributed by atoms with van der Waals surface area (Å²) in [5.74, 6) is -3.26. The van der Waals surface area contributed by atoms with Crippen LogP contribution in [0, 0.1) is 17.6 Å². The minimum atomic E-state index is -3.58. The highest BCUT2D eigenvalue weighted by Gasteiger charge is 2.26. The molecule has 6 heteroatoms. The lowest BCUT2D eigenvalue weighted by Crippen LogP contribution is -2.23. The Labute approximate surface area is 116 Å². The molecule has 0 N–H and O–H groups in total. The van der Waals surface area contributed by atoms with Crippen LogP contribution in [0.2, 0.25) is 0 Å². The lowest BCUT2D eigenvalue weighted by Gasteiger charge is -2.09. The zero-order valence-corrected chi connectivity index (χ0v) is 11.8. The standard InChI is InChI=1S/C14H16F2O3S/c15-11-5-6-13(16)12(7-11)14(17)9-20(18,19)8-10-3-1-2-4-10/h5-7,10H,1-4,8-9H2. The first-order valence-electron chi connectivity index (χ1n) is 6.56. The van der Waals surface area contributed by atoms with Crippen molar-refractivity contribution < 1.29 is 22.0 Å². The molecule has 0 aromatic heterocycles. The van der Waals surface area contributed by atoms with Crippen LogP contribution in [0.5, 0.6) is 0 Å². The summed E-state index contributed by atoms with van der Waals surface area (Å²) in [6.07, 6.45) is 3.71. The number of benzene rings is 1.